The van der Waals surface area contributed by atoms with Gasteiger partial charge in [0.1, 0.15) is 0 Å². The van der Waals surface area contributed by atoms with Crippen molar-refractivity contribution in [2.45, 2.75) is 155 Å². The molecular weight excluding hydrogens is 354 g/mol. The van der Waals surface area contributed by atoms with Crippen molar-refractivity contribution in [3.63, 3.8) is 0 Å². The number of allylic oxidation sites excluding steroid dienone is 2. The van der Waals surface area contributed by atoms with E-state index in [0.29, 0.717) is 6.42 Å². The van der Waals surface area contributed by atoms with Crippen LogP contribution in [-0.4, -0.2) is 5.91 Å². The average molecular weight is 408 g/mol. The number of nitrogens with two attached hydrogens (primary N) is 1. The Kier molecular flexibility index (Phi) is 24.6. The highest BCUT2D eigenvalue weighted by atomic mass is 16.1. The third-order valence-corrected chi connectivity index (χ3v) is 5.93. The lowest BCUT2D eigenvalue weighted by Crippen LogP contribution is -2.09. The molecule has 0 heterocycles. The topological polar surface area (TPSA) is 43.1 Å². The van der Waals surface area contributed by atoms with E-state index in [4.69, 9.17) is 5.73 Å². The zero-order valence-corrected chi connectivity index (χ0v) is 19.9. The maximum atomic E-state index is 10.6. The molecule has 0 radical (unpaired) electrons. The van der Waals surface area contributed by atoms with Crippen molar-refractivity contribution in [2.24, 2.45) is 5.73 Å². The molecule has 0 aromatic heterocycles. The van der Waals surface area contributed by atoms with Crippen LogP contribution in [0.15, 0.2) is 12.2 Å². The minimum absolute atomic E-state index is 0.157. The molecule has 0 atom stereocenters. The van der Waals surface area contributed by atoms with Crippen molar-refractivity contribution in [3.8, 4) is 0 Å². The highest BCUT2D eigenvalue weighted by Crippen LogP contribution is 2.13. The van der Waals surface area contributed by atoms with Crippen LogP contribution in [0.4, 0.5) is 0 Å². The molecule has 0 aromatic rings. The number of rotatable bonds is 24. The molecule has 1 amide bonds. The van der Waals surface area contributed by atoms with Crippen LogP contribution in [0.1, 0.15) is 155 Å². The summed E-state index contributed by atoms with van der Waals surface area (Å²) in [6, 6.07) is 0. The van der Waals surface area contributed by atoms with Crippen LogP contribution in [0.5, 0.6) is 0 Å². The fourth-order valence-electron chi connectivity index (χ4n) is 3.96. The number of unbranched alkanes of at least 4 members (excludes halogenated alkanes) is 20. The van der Waals surface area contributed by atoms with Gasteiger partial charge < -0.3 is 5.73 Å². The summed E-state index contributed by atoms with van der Waals surface area (Å²) < 4.78 is 0. The van der Waals surface area contributed by atoms with Gasteiger partial charge in [-0.1, -0.05) is 128 Å². The molecule has 0 aliphatic rings. The van der Waals surface area contributed by atoms with E-state index in [1.807, 2.05) is 0 Å². The van der Waals surface area contributed by atoms with Crippen LogP contribution in [0.2, 0.25) is 0 Å². The maximum Gasteiger partial charge on any atom is 0.217 e. The quantitative estimate of drug-likeness (QED) is 0.126. The van der Waals surface area contributed by atoms with Crippen LogP contribution < -0.4 is 5.73 Å². The molecule has 0 aliphatic carbocycles. The predicted molar refractivity (Wildman–Crippen MR) is 130 cm³/mol. The van der Waals surface area contributed by atoms with E-state index in [9.17, 15) is 4.79 Å². The lowest BCUT2D eigenvalue weighted by atomic mass is 10.0. The number of primary amides is 1. The number of amides is 1. The molecule has 172 valence electrons. The highest BCUT2D eigenvalue weighted by Gasteiger charge is 1.95. The van der Waals surface area contributed by atoms with E-state index in [2.05, 4.69) is 19.1 Å². The second-order valence-electron chi connectivity index (χ2n) is 8.98. The molecular formula is C27H53NO. The van der Waals surface area contributed by atoms with Gasteiger partial charge >= 0.3 is 0 Å². The first-order valence-electron chi connectivity index (χ1n) is 13.2. The van der Waals surface area contributed by atoms with Gasteiger partial charge in [0, 0.05) is 6.42 Å². The van der Waals surface area contributed by atoms with Crippen LogP contribution >= 0.6 is 0 Å². The highest BCUT2D eigenvalue weighted by molar-refractivity contribution is 5.73. The fourth-order valence-corrected chi connectivity index (χ4v) is 3.96. The lowest BCUT2D eigenvalue weighted by Gasteiger charge is -2.02. The summed E-state index contributed by atoms with van der Waals surface area (Å²) in [5.74, 6) is -0.157. The van der Waals surface area contributed by atoms with E-state index in [-0.39, 0.29) is 5.91 Å². The third-order valence-electron chi connectivity index (χ3n) is 5.93. The van der Waals surface area contributed by atoms with Gasteiger partial charge in [-0.3, -0.25) is 4.79 Å². The van der Waals surface area contributed by atoms with Gasteiger partial charge in [0.15, 0.2) is 0 Å². The first kappa shape index (κ1) is 28.2. The Hall–Kier alpha value is -0.790. The van der Waals surface area contributed by atoms with Gasteiger partial charge in [-0.15, -0.1) is 0 Å². The van der Waals surface area contributed by atoms with Crippen LogP contribution in [0.25, 0.3) is 0 Å². The normalized spacial score (nSPS) is 11.5. The lowest BCUT2D eigenvalue weighted by molar-refractivity contribution is -0.118. The molecule has 2 nitrogen and oxygen atoms in total. The summed E-state index contributed by atoms with van der Waals surface area (Å²) in [4.78, 5) is 10.6. The van der Waals surface area contributed by atoms with Crippen molar-refractivity contribution in [3.05, 3.63) is 12.2 Å². The minimum atomic E-state index is -0.157. The zero-order chi connectivity index (χ0) is 21.3. The number of hydrogen-bond donors (Lipinski definition) is 1. The summed E-state index contributed by atoms with van der Waals surface area (Å²) in [6.45, 7) is 2.29. The molecule has 0 unspecified atom stereocenters. The largest absolute Gasteiger partial charge is 0.370 e. The van der Waals surface area contributed by atoms with Crippen molar-refractivity contribution < 1.29 is 4.79 Å². The van der Waals surface area contributed by atoms with E-state index in [0.717, 1.165) is 12.8 Å². The van der Waals surface area contributed by atoms with Crippen molar-refractivity contribution >= 4 is 5.91 Å². The second kappa shape index (κ2) is 25.2. The first-order valence-corrected chi connectivity index (χ1v) is 13.2. The van der Waals surface area contributed by atoms with Crippen LogP contribution in [-0.2, 0) is 4.79 Å². The molecule has 0 aliphatic heterocycles. The summed E-state index contributed by atoms with van der Waals surface area (Å²) in [5.41, 5.74) is 5.14. The summed E-state index contributed by atoms with van der Waals surface area (Å²) in [5, 5.41) is 0. The van der Waals surface area contributed by atoms with Crippen molar-refractivity contribution in [1.82, 2.24) is 0 Å². The first-order chi connectivity index (χ1) is 14.3. The van der Waals surface area contributed by atoms with Gasteiger partial charge in [0.05, 0.1) is 0 Å². The molecule has 2 N–H and O–H groups in total. The molecule has 0 rings (SSSR count). The molecule has 2 heteroatoms. The molecule has 0 aromatic carbocycles. The Labute approximate surface area is 183 Å². The van der Waals surface area contributed by atoms with Gasteiger partial charge in [-0.25, -0.2) is 0 Å². The molecule has 0 bridgehead atoms. The Morgan fingerprint density at radius 2 is 0.828 bits per heavy atom. The van der Waals surface area contributed by atoms with Crippen molar-refractivity contribution in [1.29, 1.82) is 0 Å². The van der Waals surface area contributed by atoms with Gasteiger partial charge in [0.25, 0.3) is 0 Å². The standard InChI is InChI=1S/C27H53NO/c1-2-3-4-5-6-7-8-9-10-11-12-13-14-15-16-17-18-19-20-21-22-23-24-25-26-27(28)29/h16-17H,2-15,18-26H2,1H3,(H2,28,29)/b17-16+. The molecule has 0 spiro atoms. The molecule has 0 fully saturated rings. The number of hydrogen-bond acceptors (Lipinski definition) is 1. The Balaban J connectivity index is 3.08. The maximum absolute atomic E-state index is 10.6. The Bertz CT molecular complexity index is 350. The van der Waals surface area contributed by atoms with E-state index in [1.54, 1.807) is 0 Å². The molecule has 29 heavy (non-hydrogen) atoms. The van der Waals surface area contributed by atoms with Crippen LogP contribution in [0, 0.1) is 0 Å². The van der Waals surface area contributed by atoms with Crippen molar-refractivity contribution in [2.75, 3.05) is 0 Å². The number of carbonyl (C=O) groups is 1. The summed E-state index contributed by atoms with van der Waals surface area (Å²) in [7, 11) is 0. The van der Waals surface area contributed by atoms with E-state index < -0.39 is 0 Å². The molecule has 0 saturated heterocycles. The average Bonchev–Trinajstić information content (AvgIpc) is 2.71. The van der Waals surface area contributed by atoms with Crippen LogP contribution in [0.3, 0.4) is 0 Å². The minimum Gasteiger partial charge on any atom is -0.370 e. The Morgan fingerprint density at radius 3 is 1.17 bits per heavy atom. The smallest absolute Gasteiger partial charge is 0.217 e. The van der Waals surface area contributed by atoms with Gasteiger partial charge in [-0.2, -0.15) is 0 Å². The summed E-state index contributed by atoms with van der Waals surface area (Å²) >= 11 is 0. The predicted octanol–water partition coefficient (Wildman–Crippen LogP) is 9.02. The zero-order valence-electron chi connectivity index (χ0n) is 19.9. The third kappa shape index (κ3) is 27.2. The van der Waals surface area contributed by atoms with E-state index >= 15 is 0 Å². The number of carbonyl (C=O) groups excluding carboxylic acids is 1. The monoisotopic (exact) mass is 407 g/mol. The van der Waals surface area contributed by atoms with Gasteiger partial charge in [-0.05, 0) is 32.1 Å². The SMILES string of the molecule is CCCCCCCCCCCCCCC/C=C/CCCCCCCCCC(N)=O. The van der Waals surface area contributed by atoms with Gasteiger partial charge in [0.2, 0.25) is 5.91 Å². The fraction of sp³-hybridized carbons (Fsp3) is 0.889. The Morgan fingerprint density at radius 1 is 0.517 bits per heavy atom. The summed E-state index contributed by atoms with van der Waals surface area (Å²) in [6.07, 6.45) is 35.3. The molecule has 0 saturated carbocycles. The second-order valence-corrected chi connectivity index (χ2v) is 8.98. The van der Waals surface area contributed by atoms with E-state index in [1.165, 1.54) is 128 Å².